The van der Waals surface area contributed by atoms with E-state index >= 15 is 0 Å². The molecule has 4 aromatic rings. The summed E-state index contributed by atoms with van der Waals surface area (Å²) in [7, 11) is 1.44. The van der Waals surface area contributed by atoms with Gasteiger partial charge in [-0.25, -0.2) is 0 Å². The lowest BCUT2D eigenvalue weighted by atomic mass is 9.97. The van der Waals surface area contributed by atoms with E-state index in [1.807, 2.05) is 31.2 Å². The van der Waals surface area contributed by atoms with Gasteiger partial charge in [-0.1, -0.05) is 29.8 Å². The molecule has 1 amide bonds. The van der Waals surface area contributed by atoms with Crippen LogP contribution in [0.25, 0.3) is 11.0 Å². The van der Waals surface area contributed by atoms with Crippen LogP contribution in [0.3, 0.4) is 0 Å². The molecule has 0 bridgehead atoms. The maximum Gasteiger partial charge on any atom is 0.295 e. The van der Waals surface area contributed by atoms with E-state index in [4.69, 9.17) is 20.8 Å². The number of nitrogens with zero attached hydrogens (tertiary/aromatic N) is 1. The minimum atomic E-state index is -0.770. The summed E-state index contributed by atoms with van der Waals surface area (Å²) in [5, 5.41) is 10.8. The third kappa shape index (κ3) is 3.03. The molecule has 0 spiro atoms. The number of hydrogen-bond donors (Lipinski definition) is 1. The van der Waals surface area contributed by atoms with Gasteiger partial charge in [0.2, 0.25) is 5.76 Å². The Morgan fingerprint density at radius 1 is 1.06 bits per heavy atom. The quantitative estimate of drug-likeness (QED) is 0.465. The molecule has 0 aliphatic carbocycles. The first-order valence-electron chi connectivity index (χ1n) is 9.92. The zero-order valence-corrected chi connectivity index (χ0v) is 18.0. The number of carbonyl (C=O) groups is 1. The van der Waals surface area contributed by atoms with Crippen molar-refractivity contribution in [3.63, 3.8) is 0 Å². The number of rotatable bonds is 3. The molecule has 0 radical (unpaired) electrons. The summed E-state index contributed by atoms with van der Waals surface area (Å²) in [5.41, 5.74) is 2.37. The van der Waals surface area contributed by atoms with E-state index in [1.165, 1.54) is 24.1 Å². The minimum Gasteiger partial charge on any atom is -0.504 e. The number of phenolic OH excluding ortho intramolecular Hbond substituents is 1. The van der Waals surface area contributed by atoms with Gasteiger partial charge in [-0.3, -0.25) is 14.5 Å². The van der Waals surface area contributed by atoms with Crippen LogP contribution < -0.4 is 15.1 Å². The van der Waals surface area contributed by atoms with Crippen molar-refractivity contribution in [1.29, 1.82) is 0 Å². The van der Waals surface area contributed by atoms with Crippen molar-refractivity contribution in [3.8, 4) is 11.5 Å². The molecule has 3 aromatic carbocycles. The maximum absolute atomic E-state index is 13.6. The lowest BCUT2D eigenvalue weighted by molar-refractivity contribution is 0.0971. The van der Waals surface area contributed by atoms with Crippen LogP contribution in [-0.4, -0.2) is 18.1 Å². The van der Waals surface area contributed by atoms with E-state index in [2.05, 4.69) is 0 Å². The average Bonchev–Trinajstić information content (AvgIpc) is 3.07. The van der Waals surface area contributed by atoms with E-state index in [0.717, 1.165) is 5.56 Å². The number of ether oxygens (including phenoxy) is 1. The smallest absolute Gasteiger partial charge is 0.295 e. The van der Waals surface area contributed by atoms with Crippen molar-refractivity contribution >= 4 is 34.2 Å². The summed E-state index contributed by atoms with van der Waals surface area (Å²) in [6.45, 7) is 1.93. The van der Waals surface area contributed by atoms with Crippen LogP contribution in [0.2, 0.25) is 5.02 Å². The van der Waals surface area contributed by atoms with Gasteiger partial charge in [0, 0.05) is 10.7 Å². The number of aryl methyl sites for hydroxylation is 1. The van der Waals surface area contributed by atoms with Crippen LogP contribution in [0.4, 0.5) is 5.69 Å². The van der Waals surface area contributed by atoms with Crippen molar-refractivity contribution < 1.29 is 19.1 Å². The molecule has 0 saturated carbocycles. The van der Waals surface area contributed by atoms with Crippen molar-refractivity contribution in [2.45, 2.75) is 13.0 Å². The van der Waals surface area contributed by atoms with Crippen LogP contribution >= 0.6 is 11.6 Å². The van der Waals surface area contributed by atoms with E-state index in [-0.39, 0.29) is 28.3 Å². The third-order valence-electron chi connectivity index (χ3n) is 5.63. The van der Waals surface area contributed by atoms with Gasteiger partial charge >= 0.3 is 0 Å². The molecule has 5 rings (SSSR count). The number of hydrogen-bond acceptors (Lipinski definition) is 5. The van der Waals surface area contributed by atoms with Gasteiger partial charge < -0.3 is 14.3 Å². The van der Waals surface area contributed by atoms with Gasteiger partial charge in [0.05, 0.1) is 24.1 Å². The summed E-state index contributed by atoms with van der Waals surface area (Å²) < 4.78 is 11.2. The number of anilines is 1. The molecule has 1 atom stereocenters. The first-order valence-corrected chi connectivity index (χ1v) is 10.3. The fourth-order valence-electron chi connectivity index (χ4n) is 4.17. The molecule has 7 heteroatoms. The number of aromatic hydroxyl groups is 1. The molecule has 2 heterocycles. The molecule has 0 fully saturated rings. The number of methoxy groups -OCH3 is 1. The molecule has 0 saturated heterocycles. The van der Waals surface area contributed by atoms with Crippen molar-refractivity contribution in [2.75, 3.05) is 12.0 Å². The summed E-state index contributed by atoms with van der Waals surface area (Å²) in [5.74, 6) is -0.235. The second kappa shape index (κ2) is 7.43. The van der Waals surface area contributed by atoms with Gasteiger partial charge in [-0.2, -0.15) is 0 Å². The first kappa shape index (κ1) is 20.2. The largest absolute Gasteiger partial charge is 0.504 e. The standard InChI is InChI=1S/C25H18ClNO5/c1-13-4-3-5-16(10-13)27-22(14-6-8-18(28)20(11-14)31-2)21-23(29)17-12-15(26)7-9-19(17)32-24(21)25(27)30/h3-12,22,28H,1-2H3. The lowest BCUT2D eigenvalue weighted by Gasteiger charge is -2.26. The highest BCUT2D eigenvalue weighted by atomic mass is 35.5. The molecule has 1 aliphatic rings. The van der Waals surface area contributed by atoms with E-state index in [1.54, 1.807) is 24.3 Å². The number of phenols is 1. The Hall–Kier alpha value is -3.77. The molecule has 1 aromatic heterocycles. The predicted molar refractivity (Wildman–Crippen MR) is 122 cm³/mol. The highest BCUT2D eigenvalue weighted by molar-refractivity contribution is 6.31. The Balaban J connectivity index is 1.83. The highest BCUT2D eigenvalue weighted by Gasteiger charge is 2.44. The Bertz CT molecular complexity index is 1460. The normalized spacial score (nSPS) is 15.3. The highest BCUT2D eigenvalue weighted by Crippen LogP contribution is 2.43. The number of benzene rings is 3. The second-order valence-corrected chi connectivity index (χ2v) is 8.10. The van der Waals surface area contributed by atoms with Gasteiger partial charge in [0.25, 0.3) is 5.91 Å². The Kier molecular flexibility index (Phi) is 4.68. The molecule has 1 N–H and O–H groups in total. The predicted octanol–water partition coefficient (Wildman–Crippen LogP) is 5.22. The van der Waals surface area contributed by atoms with Crippen molar-refractivity contribution in [1.82, 2.24) is 0 Å². The van der Waals surface area contributed by atoms with E-state index in [9.17, 15) is 14.7 Å². The van der Waals surface area contributed by atoms with Crippen LogP contribution in [0, 0.1) is 6.92 Å². The summed E-state index contributed by atoms with van der Waals surface area (Å²) in [4.78, 5) is 28.7. The van der Waals surface area contributed by atoms with Crippen molar-refractivity contribution in [3.05, 3.63) is 98.4 Å². The van der Waals surface area contributed by atoms with Gasteiger partial charge in [-0.15, -0.1) is 0 Å². The minimum absolute atomic E-state index is 0.0108. The Morgan fingerprint density at radius 2 is 1.88 bits per heavy atom. The topological polar surface area (TPSA) is 80.0 Å². The average molecular weight is 448 g/mol. The SMILES string of the molecule is COc1cc(C2c3c(oc4ccc(Cl)cc4c3=O)C(=O)N2c2cccc(C)c2)ccc1O. The van der Waals surface area contributed by atoms with Gasteiger partial charge in [-0.05, 0) is 60.5 Å². The molecule has 1 unspecified atom stereocenters. The molecule has 160 valence electrons. The van der Waals surface area contributed by atoms with Crippen LogP contribution in [0.5, 0.6) is 11.5 Å². The van der Waals surface area contributed by atoms with Crippen LogP contribution in [-0.2, 0) is 0 Å². The molecular weight excluding hydrogens is 430 g/mol. The fourth-order valence-corrected chi connectivity index (χ4v) is 4.34. The Morgan fingerprint density at radius 3 is 2.62 bits per heavy atom. The number of fused-ring (bicyclic) bond motifs is 2. The van der Waals surface area contributed by atoms with Gasteiger partial charge in [0.1, 0.15) is 5.58 Å². The number of carbonyl (C=O) groups excluding carboxylic acids is 1. The molecule has 1 aliphatic heterocycles. The summed E-state index contributed by atoms with van der Waals surface area (Å²) in [6.07, 6.45) is 0. The lowest BCUT2D eigenvalue weighted by Crippen LogP contribution is -2.29. The number of amides is 1. The molecular formula is C25H18ClNO5. The monoisotopic (exact) mass is 447 g/mol. The maximum atomic E-state index is 13.6. The molecule has 6 nitrogen and oxygen atoms in total. The third-order valence-corrected chi connectivity index (χ3v) is 5.87. The zero-order chi connectivity index (χ0) is 22.6. The zero-order valence-electron chi connectivity index (χ0n) is 17.3. The van der Waals surface area contributed by atoms with Crippen molar-refractivity contribution in [2.24, 2.45) is 0 Å². The van der Waals surface area contributed by atoms with E-state index in [0.29, 0.717) is 27.2 Å². The van der Waals surface area contributed by atoms with E-state index < -0.39 is 11.9 Å². The molecule has 32 heavy (non-hydrogen) atoms. The number of halogens is 1. The summed E-state index contributed by atoms with van der Waals surface area (Å²) >= 11 is 6.12. The second-order valence-electron chi connectivity index (χ2n) is 7.66. The summed E-state index contributed by atoms with van der Waals surface area (Å²) in [6, 6.07) is 16.2. The fraction of sp³-hybridized carbons (Fsp3) is 0.120. The van der Waals surface area contributed by atoms with Crippen LogP contribution in [0.1, 0.15) is 33.3 Å². The van der Waals surface area contributed by atoms with Gasteiger partial charge in [0.15, 0.2) is 16.9 Å². The first-order chi connectivity index (χ1) is 15.4. The van der Waals surface area contributed by atoms with Crippen LogP contribution in [0.15, 0.2) is 69.9 Å². The Labute approximate surface area is 188 Å².